The molecule has 3 N–H and O–H groups in total. The number of hydroxylamine groups is 1. The zero-order valence-electron chi connectivity index (χ0n) is 18.1. The maximum Gasteiger partial charge on any atom is 0.343 e. The van der Waals surface area contributed by atoms with Crippen molar-refractivity contribution < 1.29 is 34.1 Å². The van der Waals surface area contributed by atoms with E-state index in [2.05, 4.69) is 5.48 Å². The lowest BCUT2D eigenvalue weighted by atomic mass is 9.97. The molecule has 34 heavy (non-hydrogen) atoms. The molecule has 1 unspecified atom stereocenters. The first-order valence-electron chi connectivity index (χ1n) is 10.6. The summed E-state index contributed by atoms with van der Waals surface area (Å²) in [7, 11) is 0. The summed E-state index contributed by atoms with van der Waals surface area (Å²) in [6.07, 6.45) is 0.527. The van der Waals surface area contributed by atoms with Crippen LogP contribution in [-0.2, 0) is 27.6 Å². The number of nitrogens with one attached hydrogen (secondary N) is 1. The second-order valence-electron chi connectivity index (χ2n) is 7.74. The van der Waals surface area contributed by atoms with Gasteiger partial charge in [-0.05, 0) is 35.4 Å². The van der Waals surface area contributed by atoms with Gasteiger partial charge in [-0.15, -0.1) is 0 Å². The van der Waals surface area contributed by atoms with Crippen molar-refractivity contribution >= 4 is 17.6 Å². The van der Waals surface area contributed by atoms with Crippen LogP contribution in [0.5, 0.6) is 11.5 Å². The van der Waals surface area contributed by atoms with Gasteiger partial charge in [0.25, 0.3) is 0 Å². The maximum absolute atomic E-state index is 11.7. The lowest BCUT2D eigenvalue weighted by Gasteiger charge is -2.17. The van der Waals surface area contributed by atoms with Gasteiger partial charge in [0.2, 0.25) is 5.60 Å². The Hall–Kier alpha value is -4.30. The summed E-state index contributed by atoms with van der Waals surface area (Å²) in [5.74, 6) is -1.73. The van der Waals surface area contributed by atoms with Crippen LogP contribution in [0.2, 0.25) is 0 Å². The number of hydrogen-bond acceptors (Lipinski definition) is 6. The van der Waals surface area contributed by atoms with Crippen LogP contribution in [0.15, 0.2) is 84.9 Å². The fraction of sp³-hybridized carbons (Fsp3) is 0.154. The molecule has 3 aromatic carbocycles. The van der Waals surface area contributed by atoms with Crippen molar-refractivity contribution in [1.82, 2.24) is 5.48 Å². The number of carbonyl (C=O) groups is 2. The Morgan fingerprint density at radius 1 is 0.824 bits per heavy atom. The van der Waals surface area contributed by atoms with Gasteiger partial charge in [-0.25, -0.2) is 4.79 Å². The molecule has 1 aliphatic rings. The van der Waals surface area contributed by atoms with Gasteiger partial charge >= 0.3 is 11.9 Å². The molecule has 0 fully saturated rings. The Kier molecular flexibility index (Phi) is 6.79. The second-order valence-corrected chi connectivity index (χ2v) is 7.74. The van der Waals surface area contributed by atoms with E-state index in [0.29, 0.717) is 36.0 Å². The molecular weight excluding hydrogens is 438 g/mol. The van der Waals surface area contributed by atoms with Crippen LogP contribution >= 0.6 is 0 Å². The summed E-state index contributed by atoms with van der Waals surface area (Å²) < 4.78 is 12.0. The molecule has 0 aromatic heterocycles. The van der Waals surface area contributed by atoms with Crippen molar-refractivity contribution in [3.8, 4) is 11.5 Å². The highest BCUT2D eigenvalue weighted by Crippen LogP contribution is 2.35. The molecule has 1 aliphatic heterocycles. The molecular formula is C26H23NO7. The zero-order chi connectivity index (χ0) is 24.0. The van der Waals surface area contributed by atoms with Gasteiger partial charge in [0, 0.05) is 5.56 Å². The molecule has 0 radical (unpaired) electrons. The largest absolute Gasteiger partial charge is 0.485 e. The van der Waals surface area contributed by atoms with E-state index >= 15 is 0 Å². The third-order valence-electron chi connectivity index (χ3n) is 5.23. The fourth-order valence-electron chi connectivity index (χ4n) is 3.45. The second kappa shape index (κ2) is 10.1. The van der Waals surface area contributed by atoms with Crippen LogP contribution in [0.3, 0.4) is 0 Å². The Bertz CT molecular complexity index is 1190. The number of hydrogen-bond donors (Lipinski definition) is 3. The van der Waals surface area contributed by atoms with Gasteiger partial charge in [-0.2, -0.15) is 0 Å². The molecule has 0 aliphatic carbocycles. The highest BCUT2D eigenvalue weighted by molar-refractivity contribution is 5.89. The van der Waals surface area contributed by atoms with Crippen molar-refractivity contribution in [3.05, 3.63) is 102 Å². The normalized spacial score (nSPS) is 16.9. The minimum Gasteiger partial charge on any atom is -0.485 e. The molecule has 0 saturated heterocycles. The Labute approximate surface area is 196 Å². The number of aliphatic carboxylic acids is 2. The lowest BCUT2D eigenvalue weighted by Crippen LogP contribution is -2.41. The molecule has 4 rings (SSSR count). The van der Waals surface area contributed by atoms with Gasteiger partial charge < -0.3 is 19.7 Å². The molecule has 1 atom stereocenters. The minimum absolute atomic E-state index is 0.299. The van der Waals surface area contributed by atoms with E-state index in [1.807, 2.05) is 60.7 Å². The summed E-state index contributed by atoms with van der Waals surface area (Å²) in [6, 6.07) is 24.5. The van der Waals surface area contributed by atoms with E-state index < -0.39 is 24.0 Å². The van der Waals surface area contributed by atoms with Crippen LogP contribution in [0.1, 0.15) is 23.1 Å². The van der Waals surface area contributed by atoms with Crippen LogP contribution < -0.4 is 15.0 Å². The van der Waals surface area contributed by atoms with Gasteiger partial charge in [0.05, 0.1) is 12.1 Å². The monoisotopic (exact) mass is 461 g/mol. The molecule has 0 bridgehead atoms. The van der Waals surface area contributed by atoms with E-state index in [0.717, 1.165) is 11.1 Å². The van der Waals surface area contributed by atoms with E-state index in [9.17, 15) is 14.7 Å². The number of carboxylic acids is 2. The van der Waals surface area contributed by atoms with Crippen LogP contribution in [0.4, 0.5) is 0 Å². The molecule has 8 nitrogen and oxygen atoms in total. The Morgan fingerprint density at radius 2 is 1.41 bits per heavy atom. The molecule has 1 heterocycles. The molecule has 3 aromatic rings. The van der Waals surface area contributed by atoms with Crippen molar-refractivity contribution in [2.75, 3.05) is 0 Å². The first kappa shape index (κ1) is 22.9. The first-order chi connectivity index (χ1) is 16.4. The predicted molar refractivity (Wildman–Crippen MR) is 123 cm³/mol. The summed E-state index contributed by atoms with van der Waals surface area (Å²) in [5, 5.41) is 18.7. The zero-order valence-corrected chi connectivity index (χ0v) is 18.1. The summed E-state index contributed by atoms with van der Waals surface area (Å²) in [4.78, 5) is 28.1. The topological polar surface area (TPSA) is 114 Å². The molecule has 0 spiro atoms. The van der Waals surface area contributed by atoms with Gasteiger partial charge in [-0.3, -0.25) is 15.1 Å². The van der Waals surface area contributed by atoms with Gasteiger partial charge in [0.15, 0.2) is 11.5 Å². The number of ether oxygens (including phenoxy) is 2. The SMILES string of the molecule is O=C(O)CC1(C(=O)O)C=C(c2ccc(OCc3ccccc3)c(OCc3ccccc3)c2)NO1. The molecule has 0 saturated carbocycles. The molecule has 0 amide bonds. The highest BCUT2D eigenvalue weighted by atomic mass is 16.7. The van der Waals surface area contributed by atoms with Gasteiger partial charge in [-0.1, -0.05) is 60.7 Å². The smallest absolute Gasteiger partial charge is 0.343 e. The lowest BCUT2D eigenvalue weighted by molar-refractivity contribution is -0.168. The van der Waals surface area contributed by atoms with E-state index in [-0.39, 0.29) is 0 Å². The van der Waals surface area contributed by atoms with Crippen molar-refractivity contribution in [2.45, 2.75) is 25.2 Å². The third kappa shape index (κ3) is 5.36. The average molecular weight is 461 g/mol. The number of rotatable bonds is 10. The quantitative estimate of drug-likeness (QED) is 0.415. The van der Waals surface area contributed by atoms with Crippen molar-refractivity contribution in [3.63, 3.8) is 0 Å². The van der Waals surface area contributed by atoms with Crippen molar-refractivity contribution in [1.29, 1.82) is 0 Å². The van der Waals surface area contributed by atoms with E-state index in [1.54, 1.807) is 18.2 Å². The predicted octanol–water partition coefficient (Wildman–Crippen LogP) is 4.02. The molecule has 8 heteroatoms. The van der Waals surface area contributed by atoms with E-state index in [1.165, 1.54) is 6.08 Å². The number of benzene rings is 3. The standard InChI is InChI=1S/C26H23NO7/c28-24(29)15-26(25(30)31)14-21(27-34-26)20-11-12-22(32-16-18-7-3-1-4-8-18)23(13-20)33-17-19-9-5-2-6-10-19/h1-14,27H,15-17H2,(H,28,29)(H,30,31). The number of carboxylic acid groups (broad SMARTS) is 2. The Morgan fingerprint density at radius 3 is 1.97 bits per heavy atom. The summed E-state index contributed by atoms with van der Waals surface area (Å²) >= 11 is 0. The fourth-order valence-corrected chi connectivity index (χ4v) is 3.45. The summed E-state index contributed by atoms with van der Waals surface area (Å²) in [5.41, 5.74) is 3.39. The van der Waals surface area contributed by atoms with Crippen LogP contribution in [-0.4, -0.2) is 27.8 Å². The Balaban J connectivity index is 1.61. The maximum atomic E-state index is 11.7. The highest BCUT2D eigenvalue weighted by Gasteiger charge is 2.45. The molecule has 174 valence electrons. The van der Waals surface area contributed by atoms with E-state index in [4.69, 9.17) is 19.4 Å². The van der Waals surface area contributed by atoms with Crippen LogP contribution in [0, 0.1) is 0 Å². The average Bonchev–Trinajstić information content (AvgIpc) is 3.28. The first-order valence-corrected chi connectivity index (χ1v) is 10.6. The van der Waals surface area contributed by atoms with Gasteiger partial charge in [0.1, 0.15) is 13.2 Å². The summed E-state index contributed by atoms with van der Waals surface area (Å²) in [6.45, 7) is 0.639. The third-order valence-corrected chi connectivity index (χ3v) is 5.23. The van der Waals surface area contributed by atoms with Crippen LogP contribution in [0.25, 0.3) is 5.70 Å². The minimum atomic E-state index is -2.01. The van der Waals surface area contributed by atoms with Crippen molar-refractivity contribution in [2.24, 2.45) is 0 Å².